The van der Waals surface area contributed by atoms with Crippen LogP contribution in [0.2, 0.25) is 0 Å². The Morgan fingerprint density at radius 1 is 1.44 bits per heavy atom. The van der Waals surface area contributed by atoms with Crippen molar-refractivity contribution in [2.24, 2.45) is 0 Å². The Kier molecular flexibility index (Phi) is 4.02. The molecular weight excluding hydrogens is 226 g/mol. The summed E-state index contributed by atoms with van der Waals surface area (Å²) in [7, 11) is 0. The van der Waals surface area contributed by atoms with Gasteiger partial charge in [0.25, 0.3) is 0 Å². The summed E-state index contributed by atoms with van der Waals surface area (Å²) in [5.74, 6) is -0.367. The van der Waals surface area contributed by atoms with E-state index in [4.69, 9.17) is 5.11 Å². The second-order valence-electron chi connectivity index (χ2n) is 5.36. The Bertz CT molecular complexity index is 428. The summed E-state index contributed by atoms with van der Waals surface area (Å²) in [4.78, 5) is 13.5. The number of benzene rings is 1. The molecule has 1 unspecified atom stereocenters. The molecule has 0 radical (unpaired) electrons. The summed E-state index contributed by atoms with van der Waals surface area (Å²) >= 11 is 0. The van der Waals surface area contributed by atoms with Crippen molar-refractivity contribution in [3.05, 3.63) is 35.4 Å². The van der Waals surface area contributed by atoms with E-state index in [9.17, 15) is 4.79 Å². The van der Waals surface area contributed by atoms with E-state index < -0.39 is 5.97 Å². The Morgan fingerprint density at radius 3 is 2.89 bits per heavy atom. The van der Waals surface area contributed by atoms with Crippen LogP contribution in [0.5, 0.6) is 0 Å². The van der Waals surface area contributed by atoms with Crippen LogP contribution in [0.15, 0.2) is 24.3 Å². The minimum absolute atomic E-state index is 0.397. The van der Waals surface area contributed by atoms with Gasteiger partial charge in [-0.3, -0.25) is 0 Å². The highest BCUT2D eigenvalue weighted by Crippen LogP contribution is 2.28. The molecule has 1 fully saturated rings. The third-order valence-corrected chi connectivity index (χ3v) is 3.79. The monoisotopic (exact) mass is 247 g/mol. The van der Waals surface area contributed by atoms with E-state index in [1.54, 1.807) is 6.07 Å². The molecule has 1 atom stereocenters. The molecule has 3 heteroatoms. The minimum Gasteiger partial charge on any atom is -0.478 e. The quantitative estimate of drug-likeness (QED) is 0.892. The van der Waals surface area contributed by atoms with E-state index in [1.165, 1.54) is 12.0 Å². The van der Waals surface area contributed by atoms with Crippen LogP contribution in [-0.4, -0.2) is 35.1 Å². The first-order chi connectivity index (χ1) is 8.58. The normalized spacial score (nSPS) is 21.2. The predicted molar refractivity (Wildman–Crippen MR) is 72.1 cm³/mol. The number of hydrogen-bond acceptors (Lipinski definition) is 2. The van der Waals surface area contributed by atoms with Crippen molar-refractivity contribution in [2.45, 2.75) is 38.6 Å². The van der Waals surface area contributed by atoms with Gasteiger partial charge in [0.2, 0.25) is 0 Å². The van der Waals surface area contributed by atoms with Crippen LogP contribution in [0, 0.1) is 0 Å². The van der Waals surface area contributed by atoms with E-state index in [-0.39, 0.29) is 0 Å². The van der Waals surface area contributed by atoms with Gasteiger partial charge in [-0.1, -0.05) is 12.1 Å². The van der Waals surface area contributed by atoms with Gasteiger partial charge in [-0.25, -0.2) is 4.79 Å². The Morgan fingerprint density at radius 2 is 2.22 bits per heavy atom. The molecule has 1 aromatic rings. The summed E-state index contributed by atoms with van der Waals surface area (Å²) in [6.45, 7) is 6.64. The Labute approximate surface area is 108 Å². The van der Waals surface area contributed by atoms with Crippen LogP contribution in [0.25, 0.3) is 0 Å². The zero-order valence-electron chi connectivity index (χ0n) is 11.1. The summed E-state index contributed by atoms with van der Waals surface area (Å²) in [6, 6.07) is 7.97. The Balaban J connectivity index is 2.15. The van der Waals surface area contributed by atoms with Crippen LogP contribution in [0.4, 0.5) is 0 Å². The zero-order chi connectivity index (χ0) is 13.1. The lowest BCUT2D eigenvalue weighted by Gasteiger charge is -2.35. The molecule has 0 amide bonds. The van der Waals surface area contributed by atoms with Crippen LogP contribution < -0.4 is 0 Å². The maximum atomic E-state index is 11.0. The molecule has 0 bridgehead atoms. The van der Waals surface area contributed by atoms with Crippen molar-refractivity contribution in [3.63, 3.8) is 0 Å². The number of carboxylic acid groups (broad SMARTS) is 1. The van der Waals surface area contributed by atoms with E-state index in [0.29, 0.717) is 17.5 Å². The van der Waals surface area contributed by atoms with Gasteiger partial charge in [0.05, 0.1) is 5.56 Å². The van der Waals surface area contributed by atoms with Gasteiger partial charge in [-0.05, 0) is 56.8 Å². The number of nitrogens with zero attached hydrogens (tertiary/aromatic N) is 1. The van der Waals surface area contributed by atoms with Crippen molar-refractivity contribution in [1.82, 2.24) is 4.90 Å². The standard InChI is InChI=1S/C15H21NO2/c1-11(2)16-8-4-7-14(10-16)12-5-3-6-13(9-12)15(17)18/h3,5-6,9,11,14H,4,7-8,10H2,1-2H3,(H,17,18). The van der Waals surface area contributed by atoms with Gasteiger partial charge in [0.15, 0.2) is 0 Å². The molecule has 0 aliphatic carbocycles. The SMILES string of the molecule is CC(C)N1CCCC(c2cccc(C(=O)O)c2)C1. The first kappa shape index (κ1) is 13.1. The first-order valence-electron chi connectivity index (χ1n) is 6.65. The largest absolute Gasteiger partial charge is 0.478 e. The van der Waals surface area contributed by atoms with Gasteiger partial charge in [0, 0.05) is 12.6 Å². The number of rotatable bonds is 3. The van der Waals surface area contributed by atoms with Crippen molar-refractivity contribution >= 4 is 5.97 Å². The maximum absolute atomic E-state index is 11.0. The van der Waals surface area contributed by atoms with Crippen LogP contribution in [0.1, 0.15) is 48.5 Å². The first-order valence-corrected chi connectivity index (χ1v) is 6.65. The van der Waals surface area contributed by atoms with Gasteiger partial charge >= 0.3 is 5.97 Å². The molecule has 1 saturated heterocycles. The van der Waals surface area contributed by atoms with Crippen molar-refractivity contribution in [3.8, 4) is 0 Å². The fourth-order valence-corrected chi connectivity index (χ4v) is 2.67. The topological polar surface area (TPSA) is 40.5 Å². The lowest BCUT2D eigenvalue weighted by atomic mass is 9.89. The molecule has 0 aromatic heterocycles. The lowest BCUT2D eigenvalue weighted by Crippen LogP contribution is -2.39. The molecule has 98 valence electrons. The second kappa shape index (κ2) is 5.53. The van der Waals surface area contributed by atoms with Gasteiger partial charge < -0.3 is 10.0 Å². The van der Waals surface area contributed by atoms with Crippen LogP contribution >= 0.6 is 0 Å². The molecule has 3 nitrogen and oxygen atoms in total. The van der Waals surface area contributed by atoms with E-state index in [2.05, 4.69) is 24.8 Å². The molecule has 1 aliphatic rings. The molecule has 2 rings (SSSR count). The number of piperidine rings is 1. The number of likely N-dealkylation sites (tertiary alicyclic amines) is 1. The molecule has 1 aromatic carbocycles. The average Bonchev–Trinajstić information content (AvgIpc) is 2.39. The third kappa shape index (κ3) is 2.91. The number of carboxylic acids is 1. The molecular formula is C15H21NO2. The molecule has 1 aliphatic heterocycles. The van der Waals surface area contributed by atoms with Crippen molar-refractivity contribution < 1.29 is 9.90 Å². The molecule has 18 heavy (non-hydrogen) atoms. The van der Waals surface area contributed by atoms with Gasteiger partial charge in [0.1, 0.15) is 0 Å². The summed E-state index contributed by atoms with van der Waals surface area (Å²) in [6.07, 6.45) is 2.35. The number of carbonyl (C=O) groups is 1. The molecule has 1 N–H and O–H groups in total. The smallest absolute Gasteiger partial charge is 0.335 e. The molecule has 0 spiro atoms. The van der Waals surface area contributed by atoms with Gasteiger partial charge in [-0.2, -0.15) is 0 Å². The highest BCUT2D eigenvalue weighted by atomic mass is 16.4. The lowest BCUT2D eigenvalue weighted by molar-refractivity contribution is 0.0696. The van der Waals surface area contributed by atoms with E-state index >= 15 is 0 Å². The predicted octanol–water partition coefficient (Wildman–Crippen LogP) is 2.97. The average molecular weight is 247 g/mol. The zero-order valence-corrected chi connectivity index (χ0v) is 11.1. The number of aromatic carboxylic acids is 1. The van der Waals surface area contributed by atoms with Crippen molar-refractivity contribution in [1.29, 1.82) is 0 Å². The van der Waals surface area contributed by atoms with Gasteiger partial charge in [-0.15, -0.1) is 0 Å². The number of hydrogen-bond donors (Lipinski definition) is 1. The highest BCUT2D eigenvalue weighted by Gasteiger charge is 2.23. The molecule has 0 saturated carbocycles. The second-order valence-corrected chi connectivity index (χ2v) is 5.36. The van der Waals surface area contributed by atoms with E-state index in [0.717, 1.165) is 19.5 Å². The maximum Gasteiger partial charge on any atom is 0.335 e. The summed E-state index contributed by atoms with van der Waals surface area (Å²) < 4.78 is 0. The highest BCUT2D eigenvalue weighted by molar-refractivity contribution is 5.87. The third-order valence-electron chi connectivity index (χ3n) is 3.79. The fraction of sp³-hybridized carbons (Fsp3) is 0.533. The van der Waals surface area contributed by atoms with Crippen LogP contribution in [-0.2, 0) is 0 Å². The van der Waals surface area contributed by atoms with Crippen LogP contribution in [0.3, 0.4) is 0 Å². The Hall–Kier alpha value is -1.35. The van der Waals surface area contributed by atoms with E-state index in [1.807, 2.05) is 12.1 Å². The van der Waals surface area contributed by atoms with Crippen molar-refractivity contribution in [2.75, 3.05) is 13.1 Å². The fourth-order valence-electron chi connectivity index (χ4n) is 2.67. The summed E-state index contributed by atoms with van der Waals surface area (Å²) in [5, 5.41) is 9.04. The minimum atomic E-state index is -0.839. The molecule has 1 heterocycles. The summed E-state index contributed by atoms with van der Waals surface area (Å²) in [5.41, 5.74) is 1.56.